The quantitative estimate of drug-likeness (QED) is 0.689. The number of methoxy groups -OCH3 is 1. The highest BCUT2D eigenvalue weighted by Crippen LogP contribution is 2.15. The molecule has 0 N–H and O–H groups in total. The van der Waals surface area contributed by atoms with E-state index in [1.807, 2.05) is 30.3 Å². The van der Waals surface area contributed by atoms with Gasteiger partial charge in [-0.05, 0) is 23.7 Å². The molecule has 0 aliphatic heterocycles. The van der Waals surface area contributed by atoms with Crippen LogP contribution in [-0.2, 0) is 4.74 Å². The van der Waals surface area contributed by atoms with Gasteiger partial charge in [0.15, 0.2) is 0 Å². The van der Waals surface area contributed by atoms with Crippen LogP contribution in [0, 0.1) is 0 Å². The Morgan fingerprint density at radius 1 is 1.47 bits per heavy atom. The minimum Gasteiger partial charge on any atom is -0.544 e. The van der Waals surface area contributed by atoms with E-state index in [0.717, 1.165) is 23.6 Å². The van der Waals surface area contributed by atoms with E-state index in [1.165, 1.54) is 0 Å². The molecule has 0 amide bonds. The van der Waals surface area contributed by atoms with Gasteiger partial charge in [0.05, 0.1) is 6.23 Å². The van der Waals surface area contributed by atoms with Crippen LogP contribution in [0.2, 0.25) is 6.04 Å². The molecule has 0 aromatic heterocycles. The number of benzene rings is 1. The van der Waals surface area contributed by atoms with Crippen LogP contribution in [0.15, 0.2) is 30.8 Å². The van der Waals surface area contributed by atoms with Crippen molar-refractivity contribution in [1.29, 1.82) is 0 Å². The zero-order valence-corrected chi connectivity index (χ0v) is 10.6. The zero-order valence-electron chi connectivity index (χ0n) is 9.40. The van der Waals surface area contributed by atoms with Crippen molar-refractivity contribution in [3.05, 3.63) is 36.4 Å². The van der Waals surface area contributed by atoms with Crippen molar-refractivity contribution >= 4 is 15.1 Å². The number of hydrogen-bond donors (Lipinski definition) is 0. The van der Waals surface area contributed by atoms with Crippen LogP contribution in [0.25, 0.3) is 6.08 Å². The molecule has 1 unspecified atom stereocenters. The predicted octanol–water partition coefficient (Wildman–Crippen LogP) is 2.64. The largest absolute Gasteiger partial charge is 0.544 e. The molecule has 1 rings (SSSR count). The van der Waals surface area contributed by atoms with Gasteiger partial charge in [0.1, 0.15) is 5.75 Å². The summed E-state index contributed by atoms with van der Waals surface area (Å²) >= 11 is 0. The van der Waals surface area contributed by atoms with Crippen LogP contribution in [0.5, 0.6) is 5.75 Å². The first-order chi connectivity index (χ1) is 7.30. The summed E-state index contributed by atoms with van der Waals surface area (Å²) < 4.78 is 11.1. The molecule has 1 atom stereocenters. The van der Waals surface area contributed by atoms with E-state index in [9.17, 15) is 0 Å². The molecule has 0 fully saturated rings. The fourth-order valence-electron chi connectivity index (χ4n) is 1.33. The summed E-state index contributed by atoms with van der Waals surface area (Å²) in [5, 5.41) is 0. The molecular formula is C12H18O2Si. The molecule has 0 aliphatic rings. The minimum atomic E-state index is -1.23. The van der Waals surface area contributed by atoms with E-state index < -0.39 is 9.04 Å². The summed E-state index contributed by atoms with van der Waals surface area (Å²) in [5.74, 6) is 0.933. The molecule has 0 radical (unpaired) electrons. The van der Waals surface area contributed by atoms with Gasteiger partial charge in [0.2, 0.25) is 0 Å². The van der Waals surface area contributed by atoms with E-state index in [0.29, 0.717) is 0 Å². The highest BCUT2D eigenvalue weighted by atomic mass is 28.3. The van der Waals surface area contributed by atoms with Gasteiger partial charge in [-0.2, -0.15) is 0 Å². The van der Waals surface area contributed by atoms with Gasteiger partial charge >= 0.3 is 0 Å². The van der Waals surface area contributed by atoms with Gasteiger partial charge in [-0.3, -0.25) is 0 Å². The second-order valence-corrected chi connectivity index (χ2v) is 6.01. The molecule has 0 bridgehead atoms. The summed E-state index contributed by atoms with van der Waals surface area (Å²) in [7, 11) is 0.494. The Hall–Kier alpha value is -1.06. The Labute approximate surface area is 93.3 Å². The Balaban J connectivity index is 2.65. The van der Waals surface area contributed by atoms with Gasteiger partial charge in [0.25, 0.3) is 9.04 Å². The maximum atomic E-state index is 5.91. The molecule has 82 valence electrons. The molecule has 0 saturated heterocycles. The monoisotopic (exact) mass is 222 g/mol. The summed E-state index contributed by atoms with van der Waals surface area (Å²) in [6.45, 7) is 5.88. The first-order valence-corrected chi connectivity index (χ1v) is 7.28. The van der Waals surface area contributed by atoms with Crippen LogP contribution < -0.4 is 4.43 Å². The average Bonchev–Trinajstić information content (AvgIpc) is 2.29. The molecule has 3 heteroatoms. The van der Waals surface area contributed by atoms with Gasteiger partial charge in [-0.25, -0.2) is 0 Å². The molecule has 15 heavy (non-hydrogen) atoms. The first-order valence-electron chi connectivity index (χ1n) is 5.18. The van der Waals surface area contributed by atoms with Crippen LogP contribution in [0.1, 0.15) is 12.5 Å². The second kappa shape index (κ2) is 6.43. The zero-order chi connectivity index (χ0) is 11.1. The van der Waals surface area contributed by atoms with Crippen molar-refractivity contribution < 1.29 is 9.16 Å². The molecule has 0 saturated carbocycles. The normalized spacial score (nSPS) is 12.1. The van der Waals surface area contributed by atoms with E-state index in [2.05, 4.69) is 13.5 Å². The Morgan fingerprint density at radius 2 is 2.27 bits per heavy atom. The third-order valence-electron chi connectivity index (χ3n) is 2.20. The van der Waals surface area contributed by atoms with Crippen molar-refractivity contribution in [3.63, 3.8) is 0 Å². The smallest absolute Gasteiger partial charge is 0.260 e. The van der Waals surface area contributed by atoms with E-state index in [1.54, 1.807) is 7.11 Å². The van der Waals surface area contributed by atoms with Crippen LogP contribution in [-0.4, -0.2) is 22.4 Å². The van der Waals surface area contributed by atoms with E-state index in [-0.39, 0.29) is 0 Å². The molecule has 0 spiro atoms. The van der Waals surface area contributed by atoms with E-state index >= 15 is 0 Å². The van der Waals surface area contributed by atoms with Crippen LogP contribution >= 0.6 is 0 Å². The Kier molecular flexibility index (Phi) is 5.14. The summed E-state index contributed by atoms with van der Waals surface area (Å²) in [5.41, 5.74) is 1.09. The fraction of sp³-hybridized carbons (Fsp3) is 0.333. The van der Waals surface area contributed by atoms with Gasteiger partial charge < -0.3 is 9.16 Å². The maximum Gasteiger partial charge on any atom is 0.260 e. The topological polar surface area (TPSA) is 18.5 Å². The number of rotatable bonds is 6. The van der Waals surface area contributed by atoms with Crippen molar-refractivity contribution in [1.82, 2.24) is 0 Å². The first kappa shape index (κ1) is 12.0. The fourth-order valence-corrected chi connectivity index (χ4v) is 2.70. The Morgan fingerprint density at radius 3 is 2.87 bits per heavy atom. The SMILES string of the molecule is C=Cc1cccc(O[SiH](CC)COC)c1. The van der Waals surface area contributed by atoms with Gasteiger partial charge in [0, 0.05) is 7.11 Å². The number of hydrogen-bond acceptors (Lipinski definition) is 2. The Bertz CT molecular complexity index is 312. The lowest BCUT2D eigenvalue weighted by atomic mass is 10.2. The predicted molar refractivity (Wildman–Crippen MR) is 66.7 cm³/mol. The third kappa shape index (κ3) is 3.89. The third-order valence-corrected chi connectivity index (χ3v) is 4.43. The molecule has 1 aromatic carbocycles. The lowest BCUT2D eigenvalue weighted by Crippen LogP contribution is -2.26. The molecular weight excluding hydrogens is 204 g/mol. The summed E-state index contributed by atoms with van der Waals surface area (Å²) in [6, 6.07) is 9.07. The highest BCUT2D eigenvalue weighted by molar-refractivity contribution is 6.52. The lowest BCUT2D eigenvalue weighted by molar-refractivity contribution is 0.238. The lowest BCUT2D eigenvalue weighted by Gasteiger charge is -2.15. The summed E-state index contributed by atoms with van der Waals surface area (Å²) in [4.78, 5) is 0. The van der Waals surface area contributed by atoms with Crippen molar-refractivity contribution in [2.45, 2.75) is 13.0 Å². The average molecular weight is 222 g/mol. The van der Waals surface area contributed by atoms with Crippen molar-refractivity contribution in [3.8, 4) is 5.75 Å². The molecule has 0 aliphatic carbocycles. The maximum absolute atomic E-state index is 5.91. The minimum absolute atomic E-state index is 0.759. The second-order valence-electron chi connectivity index (χ2n) is 3.38. The highest BCUT2D eigenvalue weighted by Gasteiger charge is 2.10. The summed E-state index contributed by atoms with van der Waals surface area (Å²) in [6.07, 6.45) is 2.58. The molecule has 0 heterocycles. The van der Waals surface area contributed by atoms with Gasteiger partial charge in [-0.1, -0.05) is 31.7 Å². The standard InChI is InChI=1S/C12H18O2Si/c1-4-11-7-6-8-12(9-11)14-15(5-2)10-13-3/h4,6-9,15H,1,5,10H2,2-3H3. The van der Waals surface area contributed by atoms with Crippen LogP contribution in [0.4, 0.5) is 0 Å². The molecule has 2 nitrogen and oxygen atoms in total. The van der Waals surface area contributed by atoms with Crippen LogP contribution in [0.3, 0.4) is 0 Å². The van der Waals surface area contributed by atoms with E-state index in [4.69, 9.17) is 9.16 Å². The van der Waals surface area contributed by atoms with Gasteiger partial charge in [-0.15, -0.1) is 0 Å². The van der Waals surface area contributed by atoms with Crippen molar-refractivity contribution in [2.24, 2.45) is 0 Å². The molecule has 1 aromatic rings. The number of ether oxygens (including phenoxy) is 1. The van der Waals surface area contributed by atoms with Crippen molar-refractivity contribution in [2.75, 3.05) is 13.3 Å².